The van der Waals surface area contributed by atoms with Crippen LogP contribution in [-0.4, -0.2) is 31.4 Å². The van der Waals surface area contributed by atoms with Crippen LogP contribution in [0, 0.1) is 23.2 Å². The van der Waals surface area contributed by atoms with Crippen molar-refractivity contribution in [2.75, 3.05) is 13.6 Å². The predicted octanol–water partition coefficient (Wildman–Crippen LogP) is 1.03. The Bertz CT molecular complexity index is 394. The molecule has 2 saturated carbocycles. The van der Waals surface area contributed by atoms with E-state index in [-0.39, 0.29) is 23.8 Å². The topological polar surface area (TPSA) is 84.2 Å². The maximum atomic E-state index is 12.4. The Balaban J connectivity index is 1.88. The highest BCUT2D eigenvalue weighted by Crippen LogP contribution is 2.41. The minimum Gasteiger partial charge on any atom is -0.359 e. The molecule has 0 spiro atoms. The molecule has 0 saturated heterocycles. The van der Waals surface area contributed by atoms with Gasteiger partial charge in [0.2, 0.25) is 11.8 Å². The zero-order valence-electron chi connectivity index (χ0n) is 13.4. The summed E-state index contributed by atoms with van der Waals surface area (Å²) in [5, 5.41) is 5.61. The molecule has 21 heavy (non-hydrogen) atoms. The fourth-order valence-corrected chi connectivity index (χ4v) is 3.87. The van der Waals surface area contributed by atoms with Crippen molar-refractivity contribution in [1.29, 1.82) is 0 Å². The van der Waals surface area contributed by atoms with Gasteiger partial charge in [-0.15, -0.1) is 0 Å². The number of nitrogens with one attached hydrogen (secondary N) is 2. The zero-order valence-corrected chi connectivity index (χ0v) is 13.4. The lowest BCUT2D eigenvalue weighted by Gasteiger charge is -2.43. The molecule has 0 aromatic carbocycles. The second-order valence-corrected chi connectivity index (χ2v) is 7.38. The van der Waals surface area contributed by atoms with E-state index in [0.29, 0.717) is 18.4 Å². The molecule has 4 N–H and O–H groups in total. The first-order valence-electron chi connectivity index (χ1n) is 8.10. The van der Waals surface area contributed by atoms with Crippen molar-refractivity contribution in [3.8, 4) is 0 Å². The SMILES string of the molecule is CNC(=O)C(C)(C)CNC(=O)C1CC2CCCC(C1)C2N. The van der Waals surface area contributed by atoms with Crippen LogP contribution < -0.4 is 16.4 Å². The van der Waals surface area contributed by atoms with Crippen molar-refractivity contribution in [3.05, 3.63) is 0 Å². The van der Waals surface area contributed by atoms with Gasteiger partial charge in [-0.2, -0.15) is 0 Å². The summed E-state index contributed by atoms with van der Waals surface area (Å²) in [5.74, 6) is 1.11. The van der Waals surface area contributed by atoms with Crippen LogP contribution in [0.2, 0.25) is 0 Å². The van der Waals surface area contributed by atoms with E-state index in [1.807, 2.05) is 13.8 Å². The second kappa shape index (κ2) is 6.34. The highest BCUT2D eigenvalue weighted by atomic mass is 16.2. The van der Waals surface area contributed by atoms with Gasteiger partial charge in [0, 0.05) is 25.6 Å². The lowest BCUT2D eigenvalue weighted by Crippen LogP contribution is -2.50. The van der Waals surface area contributed by atoms with E-state index in [9.17, 15) is 9.59 Å². The van der Waals surface area contributed by atoms with Crippen molar-refractivity contribution in [1.82, 2.24) is 10.6 Å². The smallest absolute Gasteiger partial charge is 0.227 e. The standard InChI is InChI=1S/C16H29N3O2/c1-16(2,15(21)18-3)9-19-14(20)12-7-10-5-4-6-11(8-12)13(10)17/h10-13H,4-9,17H2,1-3H3,(H,18,21)(H,19,20). The Hall–Kier alpha value is -1.10. The van der Waals surface area contributed by atoms with Gasteiger partial charge in [0.25, 0.3) is 0 Å². The van der Waals surface area contributed by atoms with Crippen LogP contribution in [0.5, 0.6) is 0 Å². The normalized spacial score (nSPS) is 32.4. The molecule has 2 atom stereocenters. The van der Waals surface area contributed by atoms with Crippen molar-refractivity contribution in [3.63, 3.8) is 0 Å². The summed E-state index contributed by atoms with van der Waals surface area (Å²) in [7, 11) is 1.62. The minimum absolute atomic E-state index is 0.0506. The third-order valence-electron chi connectivity index (χ3n) is 5.33. The van der Waals surface area contributed by atoms with Gasteiger partial charge >= 0.3 is 0 Å². The molecule has 2 aliphatic carbocycles. The first kappa shape index (κ1) is 16.3. The van der Waals surface area contributed by atoms with E-state index in [1.54, 1.807) is 7.05 Å². The molecule has 2 aliphatic rings. The first-order chi connectivity index (χ1) is 9.85. The van der Waals surface area contributed by atoms with Gasteiger partial charge < -0.3 is 16.4 Å². The fourth-order valence-electron chi connectivity index (χ4n) is 3.87. The van der Waals surface area contributed by atoms with Crippen molar-refractivity contribution >= 4 is 11.8 Å². The van der Waals surface area contributed by atoms with Gasteiger partial charge in [0.1, 0.15) is 0 Å². The number of amides is 2. The third kappa shape index (κ3) is 3.57. The maximum absolute atomic E-state index is 12.4. The number of rotatable bonds is 4. The van der Waals surface area contributed by atoms with E-state index >= 15 is 0 Å². The average Bonchev–Trinajstić information content (AvgIpc) is 2.43. The summed E-state index contributed by atoms with van der Waals surface area (Å²) in [6, 6.07) is 0.283. The monoisotopic (exact) mass is 295 g/mol. The molecule has 2 amide bonds. The summed E-state index contributed by atoms with van der Waals surface area (Å²) in [4.78, 5) is 24.2. The molecule has 5 heteroatoms. The molecule has 0 radical (unpaired) electrons. The second-order valence-electron chi connectivity index (χ2n) is 7.38. The van der Waals surface area contributed by atoms with E-state index in [4.69, 9.17) is 5.73 Å². The van der Waals surface area contributed by atoms with Crippen molar-refractivity contribution in [2.24, 2.45) is 28.9 Å². The molecule has 0 aromatic heterocycles. The largest absolute Gasteiger partial charge is 0.359 e. The zero-order chi connectivity index (χ0) is 15.6. The lowest BCUT2D eigenvalue weighted by atomic mass is 9.65. The van der Waals surface area contributed by atoms with E-state index < -0.39 is 5.41 Å². The van der Waals surface area contributed by atoms with Crippen molar-refractivity contribution in [2.45, 2.75) is 52.0 Å². The summed E-state index contributed by atoms with van der Waals surface area (Å²) >= 11 is 0. The Labute approximate surface area is 127 Å². The Morgan fingerprint density at radius 2 is 1.76 bits per heavy atom. The molecule has 5 nitrogen and oxygen atoms in total. The molecule has 2 rings (SSSR count). The highest BCUT2D eigenvalue weighted by Gasteiger charge is 2.40. The Morgan fingerprint density at radius 3 is 2.29 bits per heavy atom. The quantitative estimate of drug-likeness (QED) is 0.724. The number of hydrogen-bond acceptors (Lipinski definition) is 3. The van der Waals surface area contributed by atoms with Gasteiger partial charge in [0.15, 0.2) is 0 Å². The summed E-state index contributed by atoms with van der Waals surface area (Å²) in [6.07, 6.45) is 5.38. The third-order valence-corrected chi connectivity index (χ3v) is 5.33. The molecule has 2 bridgehead atoms. The molecule has 0 aromatic rings. The van der Waals surface area contributed by atoms with Gasteiger partial charge in [-0.05, 0) is 51.4 Å². The predicted molar refractivity (Wildman–Crippen MR) is 82.4 cm³/mol. The molecular formula is C16H29N3O2. The summed E-state index contributed by atoms with van der Waals surface area (Å²) in [6.45, 7) is 4.07. The van der Waals surface area contributed by atoms with Crippen molar-refractivity contribution < 1.29 is 9.59 Å². The van der Waals surface area contributed by atoms with Crippen LogP contribution in [-0.2, 0) is 9.59 Å². The number of carbonyl (C=O) groups excluding carboxylic acids is 2. The lowest BCUT2D eigenvalue weighted by molar-refractivity contribution is -0.131. The minimum atomic E-state index is -0.578. The molecule has 0 aliphatic heterocycles. The highest BCUT2D eigenvalue weighted by molar-refractivity contribution is 5.83. The molecule has 0 heterocycles. The number of carbonyl (C=O) groups is 2. The van der Waals surface area contributed by atoms with Gasteiger partial charge in [0.05, 0.1) is 5.41 Å². The van der Waals surface area contributed by atoms with Crippen LogP contribution >= 0.6 is 0 Å². The summed E-state index contributed by atoms with van der Waals surface area (Å²) in [5.41, 5.74) is 5.68. The Kier molecular flexibility index (Phi) is 4.91. The number of nitrogens with two attached hydrogens (primary N) is 1. The van der Waals surface area contributed by atoms with Crippen LogP contribution in [0.1, 0.15) is 46.0 Å². The molecular weight excluding hydrogens is 266 g/mol. The van der Waals surface area contributed by atoms with Gasteiger partial charge in [-0.3, -0.25) is 9.59 Å². The maximum Gasteiger partial charge on any atom is 0.227 e. The average molecular weight is 295 g/mol. The van der Waals surface area contributed by atoms with Gasteiger partial charge in [-0.1, -0.05) is 6.42 Å². The van der Waals surface area contributed by atoms with Crippen LogP contribution in [0.25, 0.3) is 0 Å². The van der Waals surface area contributed by atoms with Crippen LogP contribution in [0.3, 0.4) is 0 Å². The molecule has 2 fully saturated rings. The van der Waals surface area contributed by atoms with Crippen LogP contribution in [0.4, 0.5) is 0 Å². The molecule has 120 valence electrons. The van der Waals surface area contributed by atoms with Crippen LogP contribution in [0.15, 0.2) is 0 Å². The molecule has 2 unspecified atom stereocenters. The van der Waals surface area contributed by atoms with E-state index in [0.717, 1.165) is 25.7 Å². The summed E-state index contributed by atoms with van der Waals surface area (Å²) < 4.78 is 0. The van der Waals surface area contributed by atoms with E-state index in [1.165, 1.54) is 6.42 Å². The number of fused-ring (bicyclic) bond motifs is 2. The fraction of sp³-hybridized carbons (Fsp3) is 0.875. The Morgan fingerprint density at radius 1 is 1.19 bits per heavy atom. The first-order valence-corrected chi connectivity index (χ1v) is 8.10. The van der Waals surface area contributed by atoms with Gasteiger partial charge in [-0.25, -0.2) is 0 Å². The van der Waals surface area contributed by atoms with E-state index in [2.05, 4.69) is 10.6 Å². The number of hydrogen-bond donors (Lipinski definition) is 3.